The van der Waals surface area contributed by atoms with Crippen LogP contribution >= 0.6 is 0 Å². The van der Waals surface area contributed by atoms with Crippen molar-refractivity contribution in [2.45, 2.75) is 131 Å². The van der Waals surface area contributed by atoms with Crippen LogP contribution in [0.2, 0.25) is 18.1 Å². The maximum Gasteiger partial charge on any atom is 0.515 e. The second kappa shape index (κ2) is 13.0. The molecule has 1 N–H and O–H groups in total. The number of imide groups is 1. The number of ketones is 1. The lowest BCUT2D eigenvalue weighted by Gasteiger charge is -2.38. The highest BCUT2D eigenvalue weighted by atomic mass is 28.4. The first-order chi connectivity index (χ1) is 20.1. The standard InChI is InChI=1S/C30H49N5O9Si/c1-17(44-45(14,15)30(11,12)13)20(36)18-16-31-21-19(32-18)22(40-26(39)43-29(8,9)10)34-23(33-21)35(24(37)41-27(2,3)4)25(38)42-28(5,6)7/h17H,16H2,1-15H3,(H,31,33,34)/t17-/m0/s1. The Bertz CT molecular complexity index is 1320. The zero-order valence-electron chi connectivity index (χ0n) is 29.2. The summed E-state index contributed by atoms with van der Waals surface area (Å²) in [6, 6.07) is 0. The number of hydrogen-bond donors (Lipinski definition) is 1. The maximum atomic E-state index is 13.5. The summed E-state index contributed by atoms with van der Waals surface area (Å²) in [5.41, 5.74) is -2.96. The van der Waals surface area contributed by atoms with E-state index >= 15 is 0 Å². The fourth-order valence-electron chi connectivity index (χ4n) is 3.41. The molecule has 252 valence electrons. The number of nitrogens with zero attached hydrogens (tertiary/aromatic N) is 4. The summed E-state index contributed by atoms with van der Waals surface area (Å²) in [6.07, 6.45) is -4.21. The Balaban J connectivity index is 2.68. The average Bonchev–Trinajstić information content (AvgIpc) is 2.78. The molecule has 0 saturated carbocycles. The average molecular weight is 652 g/mol. The van der Waals surface area contributed by atoms with Crippen molar-refractivity contribution in [3.63, 3.8) is 0 Å². The molecule has 14 nitrogen and oxygen atoms in total. The van der Waals surface area contributed by atoms with E-state index in [-0.39, 0.29) is 34.6 Å². The number of carbonyl (C=O) groups is 4. The van der Waals surface area contributed by atoms with Gasteiger partial charge < -0.3 is 28.7 Å². The highest BCUT2D eigenvalue weighted by molar-refractivity contribution is 6.74. The van der Waals surface area contributed by atoms with E-state index in [2.05, 4.69) is 41.0 Å². The van der Waals surface area contributed by atoms with Gasteiger partial charge in [0.25, 0.3) is 5.88 Å². The zero-order chi connectivity index (χ0) is 34.9. The van der Waals surface area contributed by atoms with E-state index in [4.69, 9.17) is 23.4 Å². The molecule has 0 aliphatic carbocycles. The summed E-state index contributed by atoms with van der Waals surface area (Å²) in [5.74, 6) is -1.40. The van der Waals surface area contributed by atoms with E-state index in [9.17, 15) is 19.2 Å². The highest BCUT2D eigenvalue weighted by Crippen LogP contribution is 2.39. The Morgan fingerprint density at radius 1 is 0.800 bits per heavy atom. The van der Waals surface area contributed by atoms with Gasteiger partial charge in [0, 0.05) is 0 Å². The number of aliphatic imine (C=N–C) groups is 1. The minimum absolute atomic E-state index is 0.0230. The Morgan fingerprint density at radius 3 is 1.73 bits per heavy atom. The van der Waals surface area contributed by atoms with Crippen LogP contribution in [-0.2, 0) is 23.4 Å². The van der Waals surface area contributed by atoms with Gasteiger partial charge in [-0.05, 0) is 87.4 Å². The molecule has 1 aromatic heterocycles. The van der Waals surface area contributed by atoms with E-state index in [1.165, 1.54) is 0 Å². The van der Waals surface area contributed by atoms with Crippen molar-refractivity contribution in [2.24, 2.45) is 4.99 Å². The second-order valence-corrected chi connectivity index (χ2v) is 19.9. The normalized spacial score (nSPS) is 14.7. The first-order valence-corrected chi connectivity index (χ1v) is 17.6. The lowest BCUT2D eigenvalue weighted by molar-refractivity contribution is -0.119. The Morgan fingerprint density at radius 2 is 1.29 bits per heavy atom. The van der Waals surface area contributed by atoms with Gasteiger partial charge in [-0.15, -0.1) is 4.90 Å². The van der Waals surface area contributed by atoms with Gasteiger partial charge in [0.1, 0.15) is 28.6 Å². The molecule has 0 spiro atoms. The maximum absolute atomic E-state index is 13.5. The lowest BCUT2D eigenvalue weighted by atomic mass is 10.1. The van der Waals surface area contributed by atoms with Crippen LogP contribution in [0.1, 0.15) is 90.0 Å². The van der Waals surface area contributed by atoms with E-state index < -0.39 is 61.4 Å². The van der Waals surface area contributed by atoms with Crippen molar-refractivity contribution in [1.82, 2.24) is 9.97 Å². The number of rotatable bonds is 6. The molecule has 45 heavy (non-hydrogen) atoms. The van der Waals surface area contributed by atoms with Crippen LogP contribution in [0.15, 0.2) is 4.99 Å². The molecule has 1 aliphatic rings. The summed E-state index contributed by atoms with van der Waals surface area (Å²) in [4.78, 5) is 66.2. The van der Waals surface area contributed by atoms with Crippen molar-refractivity contribution in [2.75, 3.05) is 16.8 Å². The van der Waals surface area contributed by atoms with Crippen LogP contribution in [0.3, 0.4) is 0 Å². The third-order valence-electron chi connectivity index (χ3n) is 6.36. The molecular weight excluding hydrogens is 602 g/mol. The van der Waals surface area contributed by atoms with Crippen molar-refractivity contribution in [1.29, 1.82) is 0 Å². The number of amides is 2. The number of ether oxygens (including phenoxy) is 4. The van der Waals surface area contributed by atoms with Gasteiger partial charge in [-0.1, -0.05) is 20.8 Å². The predicted octanol–water partition coefficient (Wildman–Crippen LogP) is 6.94. The molecule has 2 amide bonds. The topological polar surface area (TPSA) is 168 Å². The van der Waals surface area contributed by atoms with Gasteiger partial charge in [0.2, 0.25) is 11.7 Å². The molecule has 2 heterocycles. The minimum Gasteiger partial charge on any atom is -0.443 e. The molecule has 0 radical (unpaired) electrons. The second-order valence-electron chi connectivity index (χ2n) is 15.2. The molecule has 0 saturated heterocycles. The zero-order valence-corrected chi connectivity index (χ0v) is 30.2. The fourth-order valence-corrected chi connectivity index (χ4v) is 4.76. The van der Waals surface area contributed by atoms with E-state index in [0.717, 1.165) is 0 Å². The van der Waals surface area contributed by atoms with Crippen LogP contribution in [0.4, 0.5) is 31.8 Å². The third kappa shape index (κ3) is 10.8. The van der Waals surface area contributed by atoms with Gasteiger partial charge in [0.05, 0.1) is 6.54 Å². The Kier molecular flexibility index (Phi) is 10.9. The number of aromatic nitrogens is 2. The third-order valence-corrected chi connectivity index (χ3v) is 10.9. The molecule has 15 heteroatoms. The monoisotopic (exact) mass is 651 g/mol. The van der Waals surface area contributed by atoms with E-state index in [1.807, 2.05) is 13.1 Å². The minimum atomic E-state index is -2.30. The van der Waals surface area contributed by atoms with Crippen LogP contribution in [0, 0.1) is 0 Å². The van der Waals surface area contributed by atoms with E-state index in [1.54, 1.807) is 69.2 Å². The van der Waals surface area contributed by atoms with Crippen molar-refractivity contribution < 1.29 is 42.6 Å². The van der Waals surface area contributed by atoms with Crippen LogP contribution < -0.4 is 15.0 Å². The van der Waals surface area contributed by atoms with Gasteiger partial charge in [-0.2, -0.15) is 9.97 Å². The summed E-state index contributed by atoms with van der Waals surface area (Å²) in [5, 5.41) is 2.83. The number of anilines is 2. The molecule has 1 atom stereocenters. The summed E-state index contributed by atoms with van der Waals surface area (Å²) < 4.78 is 27.8. The van der Waals surface area contributed by atoms with Gasteiger partial charge in [-0.3, -0.25) is 4.79 Å². The first-order valence-electron chi connectivity index (χ1n) is 14.7. The summed E-state index contributed by atoms with van der Waals surface area (Å²) in [7, 11) is -2.30. The smallest absolute Gasteiger partial charge is 0.443 e. The van der Waals surface area contributed by atoms with Gasteiger partial charge in [-0.25, -0.2) is 19.4 Å². The molecule has 0 unspecified atom stereocenters. The van der Waals surface area contributed by atoms with Crippen molar-refractivity contribution in [3.05, 3.63) is 0 Å². The molecule has 0 aromatic carbocycles. The fraction of sp³-hybridized carbons (Fsp3) is 0.700. The predicted molar refractivity (Wildman–Crippen MR) is 172 cm³/mol. The number of carbonyl (C=O) groups excluding carboxylic acids is 4. The van der Waals surface area contributed by atoms with Gasteiger partial charge in [0.15, 0.2) is 19.8 Å². The Hall–Kier alpha value is -3.59. The number of nitrogens with one attached hydrogen (secondary N) is 1. The van der Waals surface area contributed by atoms with Gasteiger partial charge >= 0.3 is 18.3 Å². The Labute approximate surface area is 266 Å². The largest absolute Gasteiger partial charge is 0.515 e. The molecule has 0 bridgehead atoms. The quantitative estimate of drug-likeness (QED) is 0.191. The molecule has 2 rings (SSSR count). The van der Waals surface area contributed by atoms with Crippen LogP contribution in [0.5, 0.6) is 5.88 Å². The molecular formula is C30H49N5O9Si. The number of fused-ring (bicyclic) bond motifs is 1. The summed E-state index contributed by atoms with van der Waals surface area (Å²) >= 11 is 0. The van der Waals surface area contributed by atoms with Crippen molar-refractivity contribution >= 4 is 55.6 Å². The molecule has 0 fully saturated rings. The van der Waals surface area contributed by atoms with E-state index in [0.29, 0.717) is 4.90 Å². The summed E-state index contributed by atoms with van der Waals surface area (Å²) in [6.45, 7) is 26.5. The van der Waals surface area contributed by atoms with Crippen LogP contribution in [-0.4, -0.2) is 77.6 Å². The molecule has 1 aliphatic heterocycles. The number of hydrogen-bond acceptors (Lipinski definition) is 13. The molecule has 1 aromatic rings. The first kappa shape index (κ1) is 37.6. The lowest BCUT2D eigenvalue weighted by Crippen LogP contribution is -2.47. The van der Waals surface area contributed by atoms with Crippen LogP contribution in [0.25, 0.3) is 0 Å². The highest BCUT2D eigenvalue weighted by Gasteiger charge is 2.41. The van der Waals surface area contributed by atoms with Crippen molar-refractivity contribution in [3.8, 4) is 5.88 Å². The SMILES string of the molecule is C[C@H](O[Si](C)(C)C(C)(C)C)C(=O)C1=Nc2c(nc(N(C(=O)OC(C)(C)C)C(=O)OC(C)(C)C)nc2OC(=O)OC(C)(C)C)NC1. The number of Topliss-reactive ketones (excluding diaryl/α,β-unsaturated/α-hetero) is 1.